The summed E-state index contributed by atoms with van der Waals surface area (Å²) in [6.07, 6.45) is 5.44. The number of carbonyl (C=O) groups excluding carboxylic acids is 1. The Morgan fingerprint density at radius 2 is 1.85 bits per heavy atom. The van der Waals surface area contributed by atoms with Crippen molar-refractivity contribution in [1.82, 2.24) is 0 Å². The molecular weight excluding hydrogens is 176 g/mol. The zero-order chi connectivity index (χ0) is 10.1. The van der Waals surface area contributed by atoms with Gasteiger partial charge in [-0.3, -0.25) is 4.79 Å². The van der Waals surface area contributed by atoms with Crippen LogP contribution in [0.2, 0.25) is 24.7 Å². The van der Waals surface area contributed by atoms with Crippen molar-refractivity contribution in [2.24, 2.45) is 0 Å². The van der Waals surface area contributed by atoms with Crippen LogP contribution in [0.3, 0.4) is 0 Å². The van der Waals surface area contributed by atoms with E-state index >= 15 is 0 Å². The van der Waals surface area contributed by atoms with Crippen molar-refractivity contribution in [3.8, 4) is 0 Å². The molecule has 1 fully saturated rings. The molecule has 1 saturated carbocycles. The van der Waals surface area contributed by atoms with E-state index in [1.54, 1.807) is 0 Å². The lowest BCUT2D eigenvalue weighted by atomic mass is 10.1. The van der Waals surface area contributed by atoms with Crippen LogP contribution in [0.15, 0.2) is 0 Å². The minimum Gasteiger partial charge on any atom is -0.299 e. The minimum atomic E-state index is -1.24. The van der Waals surface area contributed by atoms with E-state index in [2.05, 4.69) is 26.6 Å². The lowest BCUT2D eigenvalue weighted by Gasteiger charge is -2.27. The fourth-order valence-electron chi connectivity index (χ4n) is 2.15. The Morgan fingerprint density at radius 3 is 2.15 bits per heavy atom. The Morgan fingerprint density at radius 1 is 1.31 bits per heavy atom. The molecule has 0 amide bonds. The second kappa shape index (κ2) is 3.56. The van der Waals surface area contributed by atoms with E-state index in [-0.39, 0.29) is 5.04 Å². The third-order valence-corrected chi connectivity index (χ3v) is 7.13. The van der Waals surface area contributed by atoms with Gasteiger partial charge in [0, 0.05) is 11.5 Å². The van der Waals surface area contributed by atoms with Crippen LogP contribution in [0, 0.1) is 0 Å². The Kier molecular flexibility index (Phi) is 3.00. The number of Topliss-reactive ketones (excluding diaryl/α,β-unsaturated/α-hetero) is 1. The average Bonchev–Trinajstić information content (AvgIpc) is 2.78. The molecule has 0 N–H and O–H groups in total. The van der Waals surface area contributed by atoms with Crippen LogP contribution < -0.4 is 0 Å². The largest absolute Gasteiger partial charge is 0.299 e. The maximum atomic E-state index is 12.0. The summed E-state index contributed by atoms with van der Waals surface area (Å²) in [5, 5.41) is 0.197. The highest BCUT2D eigenvalue weighted by Crippen LogP contribution is 2.61. The first-order valence-corrected chi connectivity index (χ1v) is 8.97. The maximum Gasteiger partial charge on any atom is 0.136 e. The Hall–Kier alpha value is -0.113. The van der Waals surface area contributed by atoms with Crippen LogP contribution in [0.25, 0.3) is 0 Å². The molecule has 1 rings (SSSR count). The zero-order valence-electron chi connectivity index (χ0n) is 9.44. The van der Waals surface area contributed by atoms with Crippen LogP contribution in [-0.4, -0.2) is 13.9 Å². The summed E-state index contributed by atoms with van der Waals surface area (Å²) in [4.78, 5) is 12.0. The Bertz CT molecular complexity index is 199. The lowest BCUT2D eigenvalue weighted by Crippen LogP contribution is -2.35. The van der Waals surface area contributed by atoms with Gasteiger partial charge in [-0.2, -0.15) is 0 Å². The Balaban J connectivity index is 2.56. The summed E-state index contributed by atoms with van der Waals surface area (Å²) < 4.78 is 0. The smallest absolute Gasteiger partial charge is 0.136 e. The van der Waals surface area contributed by atoms with Gasteiger partial charge in [0.2, 0.25) is 0 Å². The molecule has 0 aliphatic heterocycles. The third-order valence-electron chi connectivity index (χ3n) is 3.48. The molecule has 0 aromatic carbocycles. The summed E-state index contributed by atoms with van der Waals surface area (Å²) in [6, 6.07) is 0. The summed E-state index contributed by atoms with van der Waals surface area (Å²) in [5.41, 5.74) is 0. The standard InChI is InChI=1S/C11H22OSi/c1-5-6-7-10(12)11(8-9-11)13(2,3)4/h5-9H2,1-4H3. The highest BCUT2D eigenvalue weighted by atomic mass is 28.3. The fourth-order valence-corrected chi connectivity index (χ4v) is 4.74. The van der Waals surface area contributed by atoms with Crippen LogP contribution >= 0.6 is 0 Å². The third kappa shape index (κ3) is 2.04. The topological polar surface area (TPSA) is 17.1 Å². The second-order valence-electron chi connectivity index (χ2n) is 5.36. The van der Waals surface area contributed by atoms with Gasteiger partial charge in [-0.1, -0.05) is 33.0 Å². The molecule has 1 aliphatic rings. The molecule has 0 saturated heterocycles. The second-order valence-corrected chi connectivity index (χ2v) is 10.8. The molecule has 0 spiro atoms. The van der Waals surface area contributed by atoms with Crippen molar-refractivity contribution in [2.45, 2.75) is 63.7 Å². The van der Waals surface area contributed by atoms with Crippen LogP contribution in [0.5, 0.6) is 0 Å². The first-order valence-electron chi connectivity index (χ1n) is 5.47. The molecule has 76 valence electrons. The molecule has 2 heteroatoms. The van der Waals surface area contributed by atoms with E-state index in [0.29, 0.717) is 5.78 Å². The molecule has 1 nitrogen and oxygen atoms in total. The summed E-state index contributed by atoms with van der Waals surface area (Å²) >= 11 is 0. The first kappa shape index (κ1) is 11.0. The van der Waals surface area contributed by atoms with Gasteiger partial charge < -0.3 is 0 Å². The quantitative estimate of drug-likeness (QED) is 0.617. The molecule has 0 bridgehead atoms. The van der Waals surface area contributed by atoms with Gasteiger partial charge in [0.25, 0.3) is 0 Å². The number of carbonyl (C=O) groups is 1. The van der Waals surface area contributed by atoms with E-state index in [1.165, 1.54) is 12.8 Å². The monoisotopic (exact) mass is 198 g/mol. The first-order chi connectivity index (χ1) is 5.94. The molecule has 0 unspecified atom stereocenters. The van der Waals surface area contributed by atoms with Gasteiger partial charge in [-0.25, -0.2) is 0 Å². The average molecular weight is 198 g/mol. The number of rotatable bonds is 5. The lowest BCUT2D eigenvalue weighted by molar-refractivity contribution is -0.119. The minimum absolute atomic E-state index is 0.197. The van der Waals surface area contributed by atoms with E-state index in [4.69, 9.17) is 0 Å². The van der Waals surface area contributed by atoms with Gasteiger partial charge in [0.05, 0.1) is 8.07 Å². The van der Waals surface area contributed by atoms with E-state index in [0.717, 1.165) is 19.3 Å². The van der Waals surface area contributed by atoms with Crippen molar-refractivity contribution in [1.29, 1.82) is 0 Å². The normalized spacial score (nSPS) is 20.0. The zero-order valence-corrected chi connectivity index (χ0v) is 10.4. The highest BCUT2D eigenvalue weighted by molar-refractivity contribution is 6.83. The van der Waals surface area contributed by atoms with Gasteiger partial charge >= 0.3 is 0 Å². The van der Waals surface area contributed by atoms with Gasteiger partial charge in [-0.05, 0) is 19.3 Å². The van der Waals surface area contributed by atoms with E-state index < -0.39 is 8.07 Å². The fraction of sp³-hybridized carbons (Fsp3) is 0.909. The molecular formula is C11H22OSi. The molecule has 0 heterocycles. The Labute approximate surface area is 82.9 Å². The van der Waals surface area contributed by atoms with Crippen LogP contribution in [0.4, 0.5) is 0 Å². The van der Waals surface area contributed by atoms with E-state index in [1.807, 2.05) is 0 Å². The summed E-state index contributed by atoms with van der Waals surface area (Å²) in [6.45, 7) is 9.17. The molecule has 0 atom stereocenters. The van der Waals surface area contributed by atoms with Crippen molar-refractivity contribution in [2.75, 3.05) is 0 Å². The number of ketones is 1. The van der Waals surface area contributed by atoms with Crippen molar-refractivity contribution in [3.63, 3.8) is 0 Å². The summed E-state index contributed by atoms with van der Waals surface area (Å²) in [7, 11) is -1.24. The number of hydrogen-bond donors (Lipinski definition) is 0. The molecule has 13 heavy (non-hydrogen) atoms. The van der Waals surface area contributed by atoms with Gasteiger partial charge in [0.1, 0.15) is 5.78 Å². The van der Waals surface area contributed by atoms with E-state index in [9.17, 15) is 4.79 Å². The summed E-state index contributed by atoms with van der Waals surface area (Å²) in [5.74, 6) is 0.577. The SMILES string of the molecule is CCCCC(=O)C1([Si](C)(C)C)CC1. The maximum absolute atomic E-state index is 12.0. The predicted molar refractivity (Wildman–Crippen MR) is 59.8 cm³/mol. The van der Waals surface area contributed by atoms with Crippen molar-refractivity contribution in [3.05, 3.63) is 0 Å². The number of hydrogen-bond acceptors (Lipinski definition) is 1. The molecule has 0 aromatic rings. The highest BCUT2D eigenvalue weighted by Gasteiger charge is 2.57. The van der Waals surface area contributed by atoms with Crippen LogP contribution in [-0.2, 0) is 4.79 Å². The van der Waals surface area contributed by atoms with Gasteiger partial charge in [0.15, 0.2) is 0 Å². The van der Waals surface area contributed by atoms with Gasteiger partial charge in [-0.15, -0.1) is 0 Å². The van der Waals surface area contributed by atoms with Crippen LogP contribution in [0.1, 0.15) is 39.0 Å². The molecule has 1 aliphatic carbocycles. The molecule has 0 aromatic heterocycles. The predicted octanol–water partition coefficient (Wildman–Crippen LogP) is 3.62. The van der Waals surface area contributed by atoms with Crippen molar-refractivity contribution < 1.29 is 4.79 Å². The van der Waals surface area contributed by atoms with Crippen molar-refractivity contribution >= 4 is 13.9 Å². The number of unbranched alkanes of at least 4 members (excludes halogenated alkanes) is 1. The molecule has 0 radical (unpaired) electrons.